The van der Waals surface area contributed by atoms with Gasteiger partial charge in [0.25, 0.3) is 17.7 Å². The van der Waals surface area contributed by atoms with Gasteiger partial charge in [0.2, 0.25) is 5.36 Å². The highest BCUT2D eigenvalue weighted by molar-refractivity contribution is 7.86. The van der Waals surface area contributed by atoms with Crippen molar-refractivity contribution in [1.29, 1.82) is 0 Å². The molecule has 18 heteroatoms. The third-order valence-electron chi connectivity index (χ3n) is 7.55. The lowest BCUT2D eigenvalue weighted by molar-refractivity contribution is -0.176. The van der Waals surface area contributed by atoms with Crippen molar-refractivity contribution in [2.45, 2.75) is 29.1 Å². The second kappa shape index (κ2) is 12.6. The Labute approximate surface area is 271 Å². The van der Waals surface area contributed by atoms with Gasteiger partial charge in [0, 0.05) is 53.4 Å². The molecule has 0 spiro atoms. The van der Waals surface area contributed by atoms with Gasteiger partial charge in [0.15, 0.2) is 16.2 Å². The molecule has 5 rings (SSSR count). The number of nitrogen functional groups attached to an aromatic ring is 1. The molecule has 6 N–H and O–H groups in total. The van der Waals surface area contributed by atoms with Crippen LogP contribution in [-0.4, -0.2) is 72.7 Å². The van der Waals surface area contributed by atoms with Crippen molar-refractivity contribution in [1.82, 2.24) is 10.2 Å². The molecule has 1 aliphatic carbocycles. The molecule has 0 saturated carbocycles. The van der Waals surface area contributed by atoms with Gasteiger partial charge in [-0.25, -0.2) is 21.6 Å². The summed E-state index contributed by atoms with van der Waals surface area (Å²) in [5, 5.41) is 17.9. The van der Waals surface area contributed by atoms with Crippen LogP contribution >= 0.6 is 0 Å². The molecule has 48 heavy (non-hydrogen) atoms. The summed E-state index contributed by atoms with van der Waals surface area (Å²) in [5.74, 6) is -3.72. The average Bonchev–Trinajstić information content (AvgIpc) is 3.31. The first-order chi connectivity index (χ1) is 22.5. The summed E-state index contributed by atoms with van der Waals surface area (Å²) >= 11 is 0. The lowest BCUT2D eigenvalue weighted by atomic mass is 9.89. The fourth-order valence-electron chi connectivity index (χ4n) is 5.41. The molecule has 3 aliphatic rings. The molecule has 0 atom stereocenters. The highest BCUT2D eigenvalue weighted by Gasteiger charge is 2.30. The minimum absolute atomic E-state index is 0.0798. The number of anilines is 1. The van der Waals surface area contributed by atoms with Crippen LogP contribution in [-0.2, 0) is 29.8 Å². The van der Waals surface area contributed by atoms with Crippen molar-refractivity contribution in [2.24, 2.45) is 0 Å². The normalized spacial score (nSPS) is 13.5. The second-order valence-electron chi connectivity index (χ2n) is 10.7. The maximum atomic E-state index is 12.9. The van der Waals surface area contributed by atoms with E-state index in [1.807, 2.05) is 0 Å². The molecule has 2 aromatic carbocycles. The number of rotatable bonds is 11. The number of carboxylic acid groups (broad SMARTS) is 1. The van der Waals surface area contributed by atoms with E-state index in [1.165, 1.54) is 36.4 Å². The van der Waals surface area contributed by atoms with Gasteiger partial charge in [-0.2, -0.15) is 0 Å². The molecule has 0 radical (unpaired) electrons. The zero-order valence-corrected chi connectivity index (χ0v) is 26.2. The summed E-state index contributed by atoms with van der Waals surface area (Å²) < 4.78 is 79.1. The highest BCUT2D eigenvalue weighted by Crippen LogP contribution is 2.45. The van der Waals surface area contributed by atoms with Crippen molar-refractivity contribution >= 4 is 60.6 Å². The van der Waals surface area contributed by atoms with Crippen LogP contribution in [0.2, 0.25) is 0 Å². The molecule has 0 bridgehead atoms. The molecule has 2 heterocycles. The van der Waals surface area contributed by atoms with Crippen LogP contribution in [0.25, 0.3) is 33.4 Å². The summed E-state index contributed by atoms with van der Waals surface area (Å²) in [6.45, 7) is 0.405. The van der Waals surface area contributed by atoms with Gasteiger partial charge >= 0.3 is 5.97 Å². The highest BCUT2D eigenvalue weighted by atomic mass is 32.2. The molecular weight excluding hydrogens is 672 g/mol. The Kier molecular flexibility index (Phi) is 8.93. The summed E-state index contributed by atoms with van der Waals surface area (Å²) in [6.07, 6.45) is 3.91. The number of unbranched alkanes of at least 4 members (excludes halogenated alkanes) is 2. The first-order valence-electron chi connectivity index (χ1n) is 14.0. The Morgan fingerprint density at radius 2 is 1.54 bits per heavy atom. The molecule has 16 nitrogen and oxygen atoms in total. The molecule has 0 saturated heterocycles. The largest absolute Gasteiger partial charge is 0.744 e. The van der Waals surface area contributed by atoms with Crippen molar-refractivity contribution in [2.75, 3.05) is 18.8 Å². The third-order valence-corrected chi connectivity index (χ3v) is 9.40. The number of amides is 3. The second-order valence-corrected chi connectivity index (χ2v) is 13.3. The lowest BCUT2D eigenvalue weighted by Gasteiger charge is -2.22. The number of hydrogen-bond donors (Lipinski definition) is 4. The Balaban J connectivity index is 1.55. The first kappa shape index (κ1) is 33.9. The number of carbonyl (C=O) groups is 4. The van der Waals surface area contributed by atoms with Gasteiger partial charge in [-0.1, -0.05) is 6.07 Å². The van der Waals surface area contributed by atoms with Crippen LogP contribution in [0.4, 0.5) is 5.69 Å². The van der Waals surface area contributed by atoms with E-state index >= 15 is 0 Å². The molecule has 2 aliphatic heterocycles. The maximum Gasteiger partial charge on any atom is 0.336 e. The third kappa shape index (κ3) is 6.41. The SMILES string of the molecule is Nc1ccc2c(-c3ccc(C(=O)NCCCCCN4C(=O)C=CC4=O)cc3C(=O)O)c3ccc(=[NH2+])c(S(=O)(=O)[O-])c-3oc2c1S(=O)(=O)[O-]. The smallest absolute Gasteiger partial charge is 0.336 e. The minimum atomic E-state index is -5.39. The number of nitrogens with two attached hydrogens (primary N) is 2. The number of carboxylic acids is 1. The van der Waals surface area contributed by atoms with Crippen molar-refractivity contribution in [3.05, 3.63) is 71.1 Å². The Morgan fingerprint density at radius 1 is 0.896 bits per heavy atom. The van der Waals surface area contributed by atoms with Crippen LogP contribution in [0.3, 0.4) is 0 Å². The molecule has 0 unspecified atom stereocenters. The molecule has 0 aromatic heterocycles. The summed E-state index contributed by atoms with van der Waals surface area (Å²) in [6, 6.07) is 8.07. The summed E-state index contributed by atoms with van der Waals surface area (Å²) in [4.78, 5) is 47.7. The average molecular weight is 698 g/mol. The molecular formula is C30H25N4O12S2-. The van der Waals surface area contributed by atoms with E-state index in [1.54, 1.807) is 0 Å². The number of nitrogens with zero attached hydrogens (tertiary/aromatic N) is 1. The van der Waals surface area contributed by atoms with Crippen molar-refractivity contribution in [3.63, 3.8) is 0 Å². The molecule has 250 valence electrons. The zero-order valence-electron chi connectivity index (χ0n) is 24.6. The van der Waals surface area contributed by atoms with Crippen molar-refractivity contribution in [3.8, 4) is 22.5 Å². The van der Waals surface area contributed by atoms with Crippen LogP contribution < -0.4 is 21.8 Å². The molecule has 0 fully saturated rings. The number of nitrogens with one attached hydrogen (secondary N) is 1. The lowest BCUT2D eigenvalue weighted by Crippen LogP contribution is -2.47. The summed E-state index contributed by atoms with van der Waals surface area (Å²) in [5.41, 5.74) is 3.39. The predicted octanol–water partition coefficient (Wildman–Crippen LogP) is -0.222. The number of benzene rings is 3. The van der Waals surface area contributed by atoms with Crippen LogP contribution in [0.5, 0.6) is 0 Å². The predicted molar refractivity (Wildman–Crippen MR) is 163 cm³/mol. The van der Waals surface area contributed by atoms with Gasteiger partial charge in [0.05, 0.1) is 11.3 Å². The van der Waals surface area contributed by atoms with E-state index in [-0.39, 0.29) is 40.7 Å². The quantitative estimate of drug-likeness (QED) is 0.0519. The fourth-order valence-corrected chi connectivity index (χ4v) is 6.88. The van der Waals surface area contributed by atoms with Crippen molar-refractivity contribution < 1.29 is 60.1 Å². The number of carbonyl (C=O) groups excluding carboxylic acids is 3. The number of aromatic carboxylic acids is 1. The van der Waals surface area contributed by atoms with E-state index in [0.29, 0.717) is 19.3 Å². The standard InChI is InChI=1S/C30H26N4O12S2/c31-20-8-6-17-24(18-7-9-21(32)28(48(43,44)45)26(18)46-25(17)27(20)47(40,41)42)16-5-4-15(14-19(16)30(38)39)29(37)33-12-2-1-3-13-34-22(35)10-11-23(34)36/h4-11,14,31H,1-3,12-13,32H2,(H,33,37)(H,38,39)(H,40,41,42)(H,43,44,45)/p-1. The minimum Gasteiger partial charge on any atom is -0.744 e. The number of hydrogen-bond acceptors (Lipinski definition) is 12. The molecule has 2 aromatic rings. The van der Waals surface area contributed by atoms with E-state index < -0.39 is 81.7 Å². The number of fused-ring (bicyclic) bond motifs is 2. The maximum absolute atomic E-state index is 12.9. The molecule has 3 amide bonds. The number of imide groups is 1. The van der Waals surface area contributed by atoms with E-state index in [2.05, 4.69) is 5.32 Å². The van der Waals surface area contributed by atoms with Crippen LogP contribution in [0, 0.1) is 0 Å². The van der Waals surface area contributed by atoms with E-state index in [0.717, 1.165) is 23.1 Å². The van der Waals surface area contributed by atoms with Crippen LogP contribution in [0.15, 0.2) is 68.8 Å². The van der Waals surface area contributed by atoms with Gasteiger partial charge in [-0.05, 0) is 55.2 Å². The fraction of sp³-hybridized carbons (Fsp3) is 0.167. The Morgan fingerprint density at radius 3 is 2.17 bits per heavy atom. The van der Waals surface area contributed by atoms with Gasteiger partial charge in [0.1, 0.15) is 25.1 Å². The van der Waals surface area contributed by atoms with E-state index in [4.69, 9.17) is 15.6 Å². The van der Waals surface area contributed by atoms with E-state index in [9.17, 15) is 50.2 Å². The zero-order chi connectivity index (χ0) is 35.1. The monoisotopic (exact) mass is 697 g/mol. The first-order valence-corrected chi connectivity index (χ1v) is 16.8. The van der Waals surface area contributed by atoms with Gasteiger partial charge in [-0.15, -0.1) is 0 Å². The van der Waals surface area contributed by atoms with Gasteiger partial charge < -0.3 is 29.7 Å². The summed E-state index contributed by atoms with van der Waals surface area (Å²) in [7, 11) is -10.8. The Bertz CT molecular complexity index is 2310. The Hall–Kier alpha value is -5.43. The topological polar surface area (TPSA) is 283 Å². The van der Waals surface area contributed by atoms with Crippen LogP contribution in [0.1, 0.15) is 40.0 Å². The van der Waals surface area contributed by atoms with Gasteiger partial charge in [-0.3, -0.25) is 24.7 Å².